The van der Waals surface area contributed by atoms with Crippen molar-refractivity contribution in [3.8, 4) is 11.8 Å². The van der Waals surface area contributed by atoms with E-state index in [-0.39, 0.29) is 31.8 Å². The number of nitrogens with zero attached hydrogens (tertiary/aromatic N) is 2. The summed E-state index contributed by atoms with van der Waals surface area (Å²) < 4.78 is 24.1. The zero-order valence-electron chi connectivity index (χ0n) is 21.1. The van der Waals surface area contributed by atoms with Crippen molar-refractivity contribution in [2.45, 2.75) is 50.4 Å². The summed E-state index contributed by atoms with van der Waals surface area (Å²) in [5, 5.41) is 23.0. The van der Waals surface area contributed by atoms with Crippen LogP contribution in [0.4, 0.5) is 9.18 Å². The number of hydrogen-bond donors (Lipinski definition) is 0. The van der Waals surface area contributed by atoms with Gasteiger partial charge in [0.2, 0.25) is 5.54 Å². The Morgan fingerprint density at radius 3 is 2.39 bits per heavy atom. The van der Waals surface area contributed by atoms with Crippen LogP contribution in [0.15, 0.2) is 78.9 Å². The van der Waals surface area contributed by atoms with Gasteiger partial charge in [-0.15, -0.1) is 0 Å². The lowest BCUT2D eigenvalue weighted by Crippen LogP contribution is -2.75. The number of carboxylic acid groups (broad SMARTS) is 1. The largest absolute Gasteiger partial charge is 0.498 e. The molecular weight excluding hydrogens is 487 g/mol. The SMILES string of the molecule is COC(=O)[C@]1(CC#N)CCC[C@H](c2ccc(OCc3ccccc3F)cc2)[N+]1(Cc1ccccc1)C(=O)[O-]. The third-order valence-corrected chi connectivity index (χ3v) is 7.52. The summed E-state index contributed by atoms with van der Waals surface area (Å²) in [4.78, 5) is 26.6. The van der Waals surface area contributed by atoms with Crippen molar-refractivity contribution in [3.05, 3.63) is 101 Å². The Morgan fingerprint density at radius 2 is 1.76 bits per heavy atom. The van der Waals surface area contributed by atoms with E-state index in [2.05, 4.69) is 0 Å². The number of hydrogen-bond acceptors (Lipinski definition) is 6. The van der Waals surface area contributed by atoms with E-state index in [4.69, 9.17) is 9.47 Å². The number of amides is 1. The zero-order chi connectivity index (χ0) is 27.2. The molecule has 3 aromatic carbocycles. The Hall–Kier alpha value is -4.22. The van der Waals surface area contributed by atoms with Gasteiger partial charge in [0.05, 0.1) is 13.2 Å². The quantitative estimate of drug-likeness (QED) is 0.315. The molecule has 1 heterocycles. The topological polar surface area (TPSA) is 99.5 Å². The number of carbonyl (C=O) groups is 2. The second kappa shape index (κ2) is 11.4. The molecule has 0 spiro atoms. The van der Waals surface area contributed by atoms with E-state index in [0.717, 1.165) is 0 Å². The number of carbonyl (C=O) groups excluding carboxylic acids is 2. The van der Waals surface area contributed by atoms with Gasteiger partial charge in [0.15, 0.2) is 0 Å². The number of nitriles is 1. The molecule has 7 nitrogen and oxygen atoms in total. The van der Waals surface area contributed by atoms with Crippen LogP contribution in [-0.2, 0) is 22.7 Å². The maximum Gasteiger partial charge on any atom is 0.369 e. The van der Waals surface area contributed by atoms with E-state index in [0.29, 0.717) is 35.3 Å². The minimum atomic E-state index is -1.65. The molecule has 0 saturated carbocycles. The van der Waals surface area contributed by atoms with E-state index in [1.165, 1.54) is 13.2 Å². The van der Waals surface area contributed by atoms with Gasteiger partial charge in [-0.25, -0.2) is 13.7 Å². The summed E-state index contributed by atoms with van der Waals surface area (Å²) in [6, 6.07) is 23.6. The Kier molecular flexibility index (Phi) is 8.08. The van der Waals surface area contributed by atoms with Crippen LogP contribution in [0.1, 0.15) is 48.4 Å². The van der Waals surface area contributed by atoms with Crippen molar-refractivity contribution in [1.82, 2.24) is 0 Å². The van der Waals surface area contributed by atoms with Crippen LogP contribution in [0.2, 0.25) is 0 Å². The third-order valence-electron chi connectivity index (χ3n) is 7.52. The van der Waals surface area contributed by atoms with Crippen molar-refractivity contribution in [3.63, 3.8) is 0 Å². The van der Waals surface area contributed by atoms with Crippen molar-refractivity contribution in [1.29, 1.82) is 5.26 Å². The molecule has 0 aliphatic carbocycles. The minimum absolute atomic E-state index is 0.0378. The number of quaternary nitrogens is 1. The molecule has 0 aromatic heterocycles. The van der Waals surface area contributed by atoms with Crippen LogP contribution in [-0.4, -0.2) is 29.2 Å². The number of likely N-dealkylation sites (tertiary alicyclic amines) is 1. The number of rotatable bonds is 8. The van der Waals surface area contributed by atoms with Crippen LogP contribution in [0, 0.1) is 17.1 Å². The van der Waals surface area contributed by atoms with Crippen LogP contribution >= 0.6 is 0 Å². The average Bonchev–Trinajstić information content (AvgIpc) is 2.94. The van der Waals surface area contributed by atoms with E-state index >= 15 is 0 Å². The highest BCUT2D eigenvalue weighted by Gasteiger charge is 2.64. The van der Waals surface area contributed by atoms with Crippen LogP contribution in [0.3, 0.4) is 0 Å². The van der Waals surface area contributed by atoms with Crippen molar-refractivity contribution >= 4 is 12.1 Å². The van der Waals surface area contributed by atoms with Gasteiger partial charge in [-0.3, -0.25) is 0 Å². The lowest BCUT2D eigenvalue weighted by Gasteiger charge is -2.56. The second-order valence-corrected chi connectivity index (χ2v) is 9.49. The molecule has 1 amide bonds. The number of ether oxygens (including phenoxy) is 2. The first kappa shape index (κ1) is 26.8. The fourth-order valence-corrected chi connectivity index (χ4v) is 5.68. The maximum atomic E-state index is 14.0. The lowest BCUT2D eigenvalue weighted by molar-refractivity contribution is -0.961. The highest BCUT2D eigenvalue weighted by molar-refractivity contribution is 5.82. The number of halogens is 1. The van der Waals surface area contributed by atoms with Gasteiger partial charge in [-0.05, 0) is 36.8 Å². The molecule has 1 unspecified atom stereocenters. The molecule has 3 atom stereocenters. The average molecular weight is 517 g/mol. The van der Waals surface area contributed by atoms with Crippen LogP contribution < -0.4 is 9.84 Å². The highest BCUT2D eigenvalue weighted by atomic mass is 19.1. The Balaban J connectivity index is 1.76. The van der Waals surface area contributed by atoms with E-state index in [1.54, 1.807) is 66.7 Å². The molecule has 0 bridgehead atoms. The fraction of sp³-hybridized carbons (Fsp3) is 0.300. The summed E-state index contributed by atoms with van der Waals surface area (Å²) in [7, 11) is 1.21. The Bertz CT molecular complexity index is 1320. The smallest absolute Gasteiger partial charge is 0.369 e. The summed E-state index contributed by atoms with van der Waals surface area (Å²) in [5.74, 6) is -0.618. The molecule has 4 rings (SSSR count). The molecule has 1 aliphatic heterocycles. The van der Waals surface area contributed by atoms with Crippen molar-refractivity contribution in [2.75, 3.05) is 7.11 Å². The van der Waals surface area contributed by atoms with Gasteiger partial charge in [-0.1, -0.05) is 48.5 Å². The van der Waals surface area contributed by atoms with E-state index in [1.807, 2.05) is 12.1 Å². The number of methoxy groups -OCH3 is 1. The van der Waals surface area contributed by atoms with E-state index < -0.39 is 28.1 Å². The van der Waals surface area contributed by atoms with Crippen molar-refractivity contribution < 1.29 is 33.0 Å². The highest BCUT2D eigenvalue weighted by Crippen LogP contribution is 2.51. The van der Waals surface area contributed by atoms with Crippen LogP contribution in [0.5, 0.6) is 5.75 Å². The molecule has 1 fully saturated rings. The number of esters is 1. The monoisotopic (exact) mass is 516 g/mol. The minimum Gasteiger partial charge on any atom is -0.498 e. The van der Waals surface area contributed by atoms with Gasteiger partial charge in [0.1, 0.15) is 37.2 Å². The van der Waals surface area contributed by atoms with Gasteiger partial charge >= 0.3 is 5.97 Å². The Morgan fingerprint density at radius 1 is 1.08 bits per heavy atom. The predicted octanol–water partition coefficient (Wildman–Crippen LogP) is 4.82. The maximum absolute atomic E-state index is 14.0. The molecule has 3 aromatic rings. The molecule has 1 saturated heterocycles. The fourth-order valence-electron chi connectivity index (χ4n) is 5.68. The van der Waals surface area contributed by atoms with Gasteiger partial charge in [0, 0.05) is 29.5 Å². The molecule has 196 valence electrons. The molecule has 38 heavy (non-hydrogen) atoms. The normalized spacial score (nSPS) is 22.7. The van der Waals surface area contributed by atoms with Gasteiger partial charge < -0.3 is 19.4 Å². The first-order chi connectivity index (χ1) is 18.4. The molecule has 0 N–H and O–H groups in total. The Labute approximate surface area is 221 Å². The molecule has 0 radical (unpaired) electrons. The zero-order valence-corrected chi connectivity index (χ0v) is 21.1. The summed E-state index contributed by atoms with van der Waals surface area (Å²) in [6.45, 7) is -0.0215. The summed E-state index contributed by atoms with van der Waals surface area (Å²) >= 11 is 0. The molecule has 1 aliphatic rings. The van der Waals surface area contributed by atoms with Crippen LogP contribution in [0.25, 0.3) is 0 Å². The first-order valence-electron chi connectivity index (χ1n) is 12.4. The predicted molar refractivity (Wildman–Crippen MR) is 135 cm³/mol. The molecule has 8 heteroatoms. The summed E-state index contributed by atoms with van der Waals surface area (Å²) in [5.41, 5.74) is 0.119. The standard InChI is InChI=1S/C30H29FN2O5/c1-37-28(34)30(18-19-32)17-7-12-27(33(30,29(35)36)20-22-8-3-2-4-9-22)23-13-15-25(16-14-23)38-21-24-10-5-6-11-26(24)31/h2-6,8-11,13-16,27H,7,12,17-18,20-21H2,1H3/t27-,30-,33?/m1/s1. The summed E-state index contributed by atoms with van der Waals surface area (Å²) in [6.07, 6.45) is -0.621. The number of piperidine rings is 1. The van der Waals surface area contributed by atoms with E-state index in [9.17, 15) is 24.3 Å². The van der Waals surface area contributed by atoms with Gasteiger partial charge in [0.25, 0.3) is 6.09 Å². The molecular formula is C30H29FN2O5. The third kappa shape index (κ3) is 4.85. The lowest BCUT2D eigenvalue weighted by atomic mass is 9.75. The second-order valence-electron chi connectivity index (χ2n) is 9.49. The first-order valence-corrected chi connectivity index (χ1v) is 12.4. The van der Waals surface area contributed by atoms with Crippen molar-refractivity contribution in [2.24, 2.45) is 0 Å². The number of benzene rings is 3. The van der Waals surface area contributed by atoms with Gasteiger partial charge in [-0.2, -0.15) is 5.26 Å².